The Balaban J connectivity index is 1.63. The van der Waals surface area contributed by atoms with Gasteiger partial charge in [-0.15, -0.1) is 0 Å². The number of aryl methyl sites for hydroxylation is 1. The molecule has 0 spiro atoms. The molecule has 0 aliphatic heterocycles. The van der Waals surface area contributed by atoms with Crippen molar-refractivity contribution in [2.75, 3.05) is 7.11 Å². The second-order valence-corrected chi connectivity index (χ2v) is 4.92. The van der Waals surface area contributed by atoms with E-state index < -0.39 is 0 Å². The van der Waals surface area contributed by atoms with E-state index in [2.05, 4.69) is 5.16 Å². The number of hydrogen-bond donors (Lipinski definition) is 1. The number of methoxy groups -OCH3 is 1. The normalized spacial score (nSPS) is 17.2. The van der Waals surface area contributed by atoms with Crippen molar-refractivity contribution in [3.8, 4) is 5.75 Å². The fraction of sp³-hybridized carbons (Fsp3) is 0.400. The molecule has 0 radical (unpaired) electrons. The van der Waals surface area contributed by atoms with E-state index >= 15 is 0 Å². The van der Waals surface area contributed by atoms with Gasteiger partial charge in [0.15, 0.2) is 5.76 Å². The van der Waals surface area contributed by atoms with Crippen LogP contribution in [0, 0.1) is 0 Å². The number of rotatable bonds is 5. The van der Waals surface area contributed by atoms with Crippen LogP contribution in [0.5, 0.6) is 5.75 Å². The lowest BCUT2D eigenvalue weighted by atomic mass is 10.1. The van der Waals surface area contributed by atoms with Crippen molar-refractivity contribution >= 4 is 0 Å². The van der Waals surface area contributed by atoms with Gasteiger partial charge < -0.3 is 19.1 Å². The summed E-state index contributed by atoms with van der Waals surface area (Å²) in [5, 5.41) is 13.7. The van der Waals surface area contributed by atoms with Gasteiger partial charge in [0.05, 0.1) is 6.10 Å². The first-order chi connectivity index (χ1) is 9.76. The molecule has 1 aromatic heterocycles. The van der Waals surface area contributed by atoms with Gasteiger partial charge >= 0.3 is 0 Å². The molecule has 1 aromatic carbocycles. The molecule has 2 aromatic rings. The van der Waals surface area contributed by atoms with Crippen LogP contribution in [0.2, 0.25) is 0 Å². The summed E-state index contributed by atoms with van der Waals surface area (Å²) < 4.78 is 15.8. The Labute approximate surface area is 117 Å². The van der Waals surface area contributed by atoms with Crippen LogP contribution < -0.4 is 4.74 Å². The second-order valence-electron chi connectivity index (χ2n) is 4.92. The standard InChI is InChI=1S/C15H17NO4/c1-18-9-13-7-11(16-20-13)8-19-12-3-4-14-10(6-12)2-5-15(14)17/h3-4,6-7,15,17H,2,5,8-9H2,1H3. The van der Waals surface area contributed by atoms with E-state index in [1.54, 1.807) is 7.11 Å². The van der Waals surface area contributed by atoms with Crippen LogP contribution in [0.3, 0.4) is 0 Å². The van der Waals surface area contributed by atoms with E-state index in [1.807, 2.05) is 24.3 Å². The Morgan fingerprint density at radius 2 is 2.25 bits per heavy atom. The molecular weight excluding hydrogens is 258 g/mol. The number of benzene rings is 1. The van der Waals surface area contributed by atoms with Crippen LogP contribution in [0.1, 0.15) is 35.1 Å². The van der Waals surface area contributed by atoms with Crippen molar-refractivity contribution < 1.29 is 19.1 Å². The number of aliphatic hydroxyl groups is 1. The summed E-state index contributed by atoms with van der Waals surface area (Å²) >= 11 is 0. The molecule has 1 N–H and O–H groups in total. The van der Waals surface area contributed by atoms with Crippen LogP contribution in [0.15, 0.2) is 28.8 Å². The highest BCUT2D eigenvalue weighted by Gasteiger charge is 2.20. The van der Waals surface area contributed by atoms with Gasteiger partial charge in [-0.2, -0.15) is 0 Å². The van der Waals surface area contributed by atoms with Crippen LogP contribution in [0.4, 0.5) is 0 Å². The lowest BCUT2D eigenvalue weighted by Gasteiger charge is -2.07. The predicted octanol–water partition coefficient (Wildman–Crippen LogP) is 2.38. The molecule has 1 atom stereocenters. The van der Waals surface area contributed by atoms with Gasteiger partial charge in [0, 0.05) is 13.2 Å². The van der Waals surface area contributed by atoms with E-state index in [1.165, 1.54) is 0 Å². The molecule has 106 valence electrons. The van der Waals surface area contributed by atoms with Gasteiger partial charge in [-0.05, 0) is 36.1 Å². The largest absolute Gasteiger partial charge is 0.487 e. The molecule has 1 aliphatic carbocycles. The third kappa shape index (κ3) is 2.69. The highest BCUT2D eigenvalue weighted by Crippen LogP contribution is 2.33. The smallest absolute Gasteiger partial charge is 0.162 e. The van der Waals surface area contributed by atoms with Gasteiger partial charge in [-0.1, -0.05) is 11.2 Å². The van der Waals surface area contributed by atoms with E-state index in [9.17, 15) is 5.11 Å². The van der Waals surface area contributed by atoms with Gasteiger partial charge in [0.25, 0.3) is 0 Å². The molecule has 3 rings (SSSR count). The minimum atomic E-state index is -0.328. The van der Waals surface area contributed by atoms with Crippen LogP contribution in [0.25, 0.3) is 0 Å². The van der Waals surface area contributed by atoms with Crippen LogP contribution in [-0.4, -0.2) is 17.4 Å². The Bertz CT molecular complexity index is 593. The van der Waals surface area contributed by atoms with E-state index in [0.29, 0.717) is 19.0 Å². The third-order valence-corrected chi connectivity index (χ3v) is 3.44. The summed E-state index contributed by atoms with van der Waals surface area (Å²) in [5.41, 5.74) is 2.91. The molecular formula is C15H17NO4. The minimum absolute atomic E-state index is 0.328. The monoisotopic (exact) mass is 275 g/mol. The number of hydrogen-bond acceptors (Lipinski definition) is 5. The zero-order valence-corrected chi connectivity index (χ0v) is 11.3. The maximum atomic E-state index is 9.76. The van der Waals surface area contributed by atoms with E-state index in [-0.39, 0.29) is 6.10 Å². The minimum Gasteiger partial charge on any atom is -0.487 e. The molecule has 1 heterocycles. The quantitative estimate of drug-likeness (QED) is 0.907. The maximum absolute atomic E-state index is 9.76. The molecule has 1 unspecified atom stereocenters. The van der Waals surface area contributed by atoms with Crippen molar-refractivity contribution in [3.63, 3.8) is 0 Å². The van der Waals surface area contributed by atoms with Gasteiger partial charge in [-0.3, -0.25) is 0 Å². The molecule has 0 saturated carbocycles. The zero-order chi connectivity index (χ0) is 13.9. The number of aliphatic hydroxyl groups excluding tert-OH is 1. The second kappa shape index (κ2) is 5.64. The average molecular weight is 275 g/mol. The van der Waals surface area contributed by atoms with Crippen LogP contribution >= 0.6 is 0 Å². The molecule has 5 heteroatoms. The number of aromatic nitrogens is 1. The first-order valence-electron chi connectivity index (χ1n) is 6.63. The summed E-state index contributed by atoms with van der Waals surface area (Å²) in [4.78, 5) is 0. The number of ether oxygens (including phenoxy) is 2. The SMILES string of the molecule is COCc1cc(COc2ccc3c(c2)CCC3O)no1. The molecule has 1 aliphatic rings. The van der Waals surface area contributed by atoms with Crippen molar-refractivity contribution in [3.05, 3.63) is 46.8 Å². The summed E-state index contributed by atoms with van der Waals surface area (Å²) in [6.07, 6.45) is 1.36. The third-order valence-electron chi connectivity index (χ3n) is 3.44. The zero-order valence-electron chi connectivity index (χ0n) is 11.3. The Morgan fingerprint density at radius 1 is 1.35 bits per heavy atom. The summed E-state index contributed by atoms with van der Waals surface area (Å²) in [6, 6.07) is 7.62. The number of nitrogens with zero attached hydrogens (tertiary/aromatic N) is 1. The average Bonchev–Trinajstić information content (AvgIpc) is 3.04. The van der Waals surface area contributed by atoms with Crippen molar-refractivity contribution in [1.29, 1.82) is 0 Å². The summed E-state index contributed by atoms with van der Waals surface area (Å²) in [7, 11) is 1.61. The van der Waals surface area contributed by atoms with Crippen molar-refractivity contribution in [1.82, 2.24) is 5.16 Å². The molecule has 5 nitrogen and oxygen atoms in total. The molecule has 0 amide bonds. The first kappa shape index (κ1) is 13.1. The Hall–Kier alpha value is -1.85. The van der Waals surface area contributed by atoms with Gasteiger partial charge in [0.1, 0.15) is 24.7 Å². The number of fused-ring (bicyclic) bond motifs is 1. The Kier molecular flexibility index (Phi) is 3.71. The Morgan fingerprint density at radius 3 is 3.10 bits per heavy atom. The lowest BCUT2D eigenvalue weighted by molar-refractivity contribution is 0.155. The topological polar surface area (TPSA) is 64.7 Å². The van der Waals surface area contributed by atoms with E-state index in [4.69, 9.17) is 14.0 Å². The lowest BCUT2D eigenvalue weighted by Crippen LogP contribution is -1.97. The summed E-state index contributed by atoms with van der Waals surface area (Å²) in [6.45, 7) is 0.762. The fourth-order valence-corrected chi connectivity index (χ4v) is 2.45. The highest BCUT2D eigenvalue weighted by molar-refractivity contribution is 5.39. The van der Waals surface area contributed by atoms with Crippen molar-refractivity contribution in [2.24, 2.45) is 0 Å². The van der Waals surface area contributed by atoms with Crippen LogP contribution in [-0.2, 0) is 24.4 Å². The molecule has 0 bridgehead atoms. The molecule has 20 heavy (non-hydrogen) atoms. The van der Waals surface area contributed by atoms with Gasteiger partial charge in [-0.25, -0.2) is 0 Å². The van der Waals surface area contributed by atoms with Gasteiger partial charge in [0.2, 0.25) is 0 Å². The highest BCUT2D eigenvalue weighted by atomic mass is 16.5. The summed E-state index contributed by atoms with van der Waals surface area (Å²) in [5.74, 6) is 1.47. The van der Waals surface area contributed by atoms with Crippen molar-refractivity contribution in [2.45, 2.75) is 32.2 Å². The first-order valence-corrected chi connectivity index (χ1v) is 6.63. The molecule has 0 fully saturated rings. The molecule has 0 saturated heterocycles. The van der Waals surface area contributed by atoms with E-state index in [0.717, 1.165) is 35.4 Å². The predicted molar refractivity (Wildman–Crippen MR) is 71.3 cm³/mol. The fourth-order valence-electron chi connectivity index (χ4n) is 2.45. The maximum Gasteiger partial charge on any atom is 0.162 e.